The first-order valence-corrected chi connectivity index (χ1v) is 5.15. The molecule has 0 amide bonds. The molecular weight excluding hydrogens is 272 g/mol. The molecule has 0 saturated carbocycles. The van der Waals surface area contributed by atoms with Crippen LogP contribution in [0.1, 0.15) is 10.5 Å². The van der Waals surface area contributed by atoms with E-state index in [0.29, 0.717) is 15.4 Å². The Bertz CT molecular complexity index is 479. The average molecular weight is 275 g/mol. The molecule has 0 fully saturated rings. The summed E-state index contributed by atoms with van der Waals surface area (Å²) in [4.78, 5) is 14.6. The maximum absolute atomic E-state index is 10.5. The molecule has 72 valence electrons. The van der Waals surface area contributed by atoms with E-state index in [2.05, 4.69) is 26.1 Å². The molecule has 14 heavy (non-hydrogen) atoms. The van der Waals surface area contributed by atoms with E-state index < -0.39 is 5.97 Å². The molecule has 0 spiro atoms. The first-order chi connectivity index (χ1) is 6.66. The van der Waals surface area contributed by atoms with Crippen molar-refractivity contribution in [1.29, 1.82) is 0 Å². The van der Waals surface area contributed by atoms with Crippen molar-refractivity contribution in [1.82, 2.24) is 10.1 Å². The molecule has 0 unspecified atom stereocenters. The number of hydrogen-bond donors (Lipinski definition) is 1. The second-order valence-electron chi connectivity index (χ2n) is 2.37. The van der Waals surface area contributed by atoms with Crippen molar-refractivity contribution < 1.29 is 14.4 Å². The van der Waals surface area contributed by atoms with Gasteiger partial charge in [0, 0.05) is 11.4 Å². The van der Waals surface area contributed by atoms with E-state index in [1.165, 1.54) is 17.4 Å². The molecule has 1 N–H and O–H groups in total. The van der Waals surface area contributed by atoms with Crippen LogP contribution in [0, 0.1) is 0 Å². The zero-order chi connectivity index (χ0) is 10.1. The number of carbonyl (C=O) groups is 1. The minimum atomic E-state index is -1.12. The van der Waals surface area contributed by atoms with Gasteiger partial charge in [-0.25, -0.2) is 9.78 Å². The van der Waals surface area contributed by atoms with Gasteiger partial charge in [0.05, 0.1) is 0 Å². The lowest BCUT2D eigenvalue weighted by molar-refractivity contribution is 0.0686. The molecule has 2 aromatic rings. The van der Waals surface area contributed by atoms with Crippen LogP contribution < -0.4 is 0 Å². The van der Waals surface area contributed by atoms with Crippen molar-refractivity contribution in [2.75, 3.05) is 0 Å². The maximum Gasteiger partial charge on any atom is 0.358 e. The Balaban J connectivity index is 2.38. The Hall–Kier alpha value is -1.21. The highest BCUT2D eigenvalue weighted by molar-refractivity contribution is 9.11. The number of thiazole rings is 1. The lowest BCUT2D eigenvalue weighted by atomic mass is 10.3. The fraction of sp³-hybridized carbons (Fsp3) is 0. The third kappa shape index (κ3) is 1.68. The van der Waals surface area contributed by atoms with Crippen molar-refractivity contribution in [3.8, 4) is 11.5 Å². The predicted octanol–water partition coefficient (Wildman–Crippen LogP) is 2.26. The van der Waals surface area contributed by atoms with Crippen molar-refractivity contribution in [2.24, 2.45) is 0 Å². The van der Waals surface area contributed by atoms with Gasteiger partial charge in [0.1, 0.15) is 5.69 Å². The van der Waals surface area contributed by atoms with Gasteiger partial charge in [0.15, 0.2) is 15.4 Å². The minimum Gasteiger partial charge on any atom is -0.476 e. The van der Waals surface area contributed by atoms with E-state index in [4.69, 9.17) is 9.63 Å². The SMILES string of the molecule is O=C(O)c1cc(-c2csc(Br)n2)on1. The van der Waals surface area contributed by atoms with Gasteiger partial charge in [0.2, 0.25) is 0 Å². The van der Waals surface area contributed by atoms with Gasteiger partial charge in [-0.2, -0.15) is 0 Å². The molecule has 0 atom stereocenters. The van der Waals surface area contributed by atoms with Crippen LogP contribution in [0.25, 0.3) is 11.5 Å². The molecule has 5 nitrogen and oxygen atoms in total. The summed E-state index contributed by atoms with van der Waals surface area (Å²) in [5, 5.41) is 13.7. The molecule has 0 bridgehead atoms. The van der Waals surface area contributed by atoms with E-state index >= 15 is 0 Å². The normalized spacial score (nSPS) is 10.4. The molecule has 0 aliphatic rings. The summed E-state index contributed by atoms with van der Waals surface area (Å²) in [6.07, 6.45) is 0. The van der Waals surface area contributed by atoms with Crippen LogP contribution >= 0.6 is 27.3 Å². The summed E-state index contributed by atoms with van der Waals surface area (Å²) in [7, 11) is 0. The molecular formula is C7H3BrN2O3S. The Morgan fingerprint density at radius 3 is 2.93 bits per heavy atom. The largest absolute Gasteiger partial charge is 0.476 e. The Kier molecular flexibility index (Phi) is 2.34. The molecule has 0 aromatic carbocycles. The molecule has 7 heteroatoms. The highest BCUT2D eigenvalue weighted by atomic mass is 79.9. The first-order valence-electron chi connectivity index (χ1n) is 3.48. The average Bonchev–Trinajstić information content (AvgIpc) is 2.70. The van der Waals surface area contributed by atoms with Crippen molar-refractivity contribution >= 4 is 33.2 Å². The number of hydrogen-bond acceptors (Lipinski definition) is 5. The van der Waals surface area contributed by atoms with E-state index in [1.807, 2.05) is 0 Å². The summed E-state index contributed by atoms with van der Waals surface area (Å²) in [5.74, 6) is -0.765. The quantitative estimate of drug-likeness (QED) is 0.909. The molecule has 0 saturated heterocycles. The van der Waals surface area contributed by atoms with E-state index in [1.54, 1.807) is 5.38 Å². The fourth-order valence-corrected chi connectivity index (χ4v) is 1.86. The van der Waals surface area contributed by atoms with Gasteiger partial charge in [-0.15, -0.1) is 11.3 Å². The van der Waals surface area contributed by atoms with Crippen LogP contribution in [0.15, 0.2) is 19.9 Å². The molecule has 2 rings (SSSR count). The van der Waals surface area contributed by atoms with Gasteiger partial charge < -0.3 is 9.63 Å². The predicted molar refractivity (Wildman–Crippen MR) is 52.3 cm³/mol. The van der Waals surface area contributed by atoms with Gasteiger partial charge in [0.25, 0.3) is 0 Å². The fourth-order valence-electron chi connectivity index (χ4n) is 0.862. The summed E-state index contributed by atoms with van der Waals surface area (Å²) < 4.78 is 5.53. The van der Waals surface area contributed by atoms with Crippen LogP contribution in [0.3, 0.4) is 0 Å². The lowest BCUT2D eigenvalue weighted by Crippen LogP contribution is -1.94. The molecule has 2 aromatic heterocycles. The highest BCUT2D eigenvalue weighted by Crippen LogP contribution is 2.25. The molecule has 2 heterocycles. The zero-order valence-corrected chi connectivity index (χ0v) is 9.00. The smallest absolute Gasteiger partial charge is 0.358 e. The van der Waals surface area contributed by atoms with Gasteiger partial charge in [-0.1, -0.05) is 5.16 Å². The Morgan fingerprint density at radius 1 is 1.64 bits per heavy atom. The van der Waals surface area contributed by atoms with Gasteiger partial charge in [-0.3, -0.25) is 0 Å². The Morgan fingerprint density at radius 2 is 2.43 bits per heavy atom. The van der Waals surface area contributed by atoms with E-state index in [-0.39, 0.29) is 5.69 Å². The Labute approximate surface area is 90.5 Å². The first kappa shape index (κ1) is 9.35. The second-order valence-corrected chi connectivity index (χ2v) is 4.50. The van der Waals surface area contributed by atoms with Crippen LogP contribution in [0.2, 0.25) is 0 Å². The van der Waals surface area contributed by atoms with Crippen molar-refractivity contribution in [2.45, 2.75) is 0 Å². The topological polar surface area (TPSA) is 76.2 Å². The van der Waals surface area contributed by atoms with Gasteiger partial charge >= 0.3 is 5.97 Å². The standard InChI is InChI=1S/C7H3BrN2O3S/c8-7-9-4(2-14-7)5-1-3(6(11)12)10-13-5/h1-2H,(H,11,12). The zero-order valence-electron chi connectivity index (χ0n) is 6.60. The number of rotatable bonds is 2. The molecule has 0 radical (unpaired) electrons. The van der Waals surface area contributed by atoms with Crippen LogP contribution in [0.4, 0.5) is 0 Å². The summed E-state index contributed by atoms with van der Waals surface area (Å²) in [6.45, 7) is 0. The molecule has 0 aliphatic heterocycles. The van der Waals surface area contributed by atoms with E-state index in [0.717, 1.165) is 0 Å². The van der Waals surface area contributed by atoms with Crippen LogP contribution in [-0.2, 0) is 0 Å². The lowest BCUT2D eigenvalue weighted by Gasteiger charge is -1.82. The monoisotopic (exact) mass is 274 g/mol. The highest BCUT2D eigenvalue weighted by Gasteiger charge is 2.13. The summed E-state index contributed by atoms with van der Waals surface area (Å²) >= 11 is 4.58. The third-order valence-electron chi connectivity index (χ3n) is 1.46. The summed E-state index contributed by atoms with van der Waals surface area (Å²) in [6, 6.07) is 1.34. The van der Waals surface area contributed by atoms with Crippen molar-refractivity contribution in [3.05, 3.63) is 21.1 Å². The number of aromatic nitrogens is 2. The van der Waals surface area contributed by atoms with Gasteiger partial charge in [-0.05, 0) is 15.9 Å². The minimum absolute atomic E-state index is 0.121. The maximum atomic E-state index is 10.5. The second kappa shape index (κ2) is 3.50. The van der Waals surface area contributed by atoms with Crippen LogP contribution in [0.5, 0.6) is 0 Å². The summed E-state index contributed by atoms with van der Waals surface area (Å²) in [5.41, 5.74) is 0.450. The third-order valence-corrected chi connectivity index (χ3v) is 2.82. The number of aromatic carboxylic acids is 1. The number of halogens is 1. The number of nitrogens with zero attached hydrogens (tertiary/aromatic N) is 2. The van der Waals surface area contributed by atoms with Crippen molar-refractivity contribution in [3.63, 3.8) is 0 Å². The van der Waals surface area contributed by atoms with E-state index in [9.17, 15) is 4.79 Å². The number of carboxylic acid groups (broad SMARTS) is 1. The van der Waals surface area contributed by atoms with Crippen LogP contribution in [-0.4, -0.2) is 21.2 Å². The number of carboxylic acids is 1. The molecule has 0 aliphatic carbocycles.